The molecular weight excluding hydrogens is 166 g/mol. The maximum atomic E-state index is 11.1. The maximum Gasteiger partial charge on any atom is 0.309 e. The number of nitrogens with zero attached hydrogens (tertiary/aromatic N) is 1. The molecule has 0 unspecified atom stereocenters. The zero-order chi connectivity index (χ0) is 10.3. The first kappa shape index (κ1) is 10.0. The fraction of sp³-hybridized carbons (Fsp3) is 0.800. The Balaban J connectivity index is 3.07. The third-order valence-corrected chi connectivity index (χ3v) is 3.85. The number of carboxylic acids is 1. The van der Waals surface area contributed by atoms with Crippen molar-refractivity contribution in [2.24, 2.45) is 16.7 Å². The van der Waals surface area contributed by atoms with Crippen LogP contribution in [-0.2, 0) is 4.79 Å². The van der Waals surface area contributed by atoms with Gasteiger partial charge in [-0.05, 0) is 25.2 Å². The van der Waals surface area contributed by atoms with E-state index in [2.05, 4.69) is 6.07 Å². The van der Waals surface area contributed by atoms with E-state index in [4.69, 9.17) is 10.4 Å². The summed E-state index contributed by atoms with van der Waals surface area (Å²) in [4.78, 5) is 11.1. The average molecular weight is 181 g/mol. The monoisotopic (exact) mass is 181 g/mol. The van der Waals surface area contributed by atoms with Gasteiger partial charge in [0.25, 0.3) is 0 Å². The summed E-state index contributed by atoms with van der Waals surface area (Å²) < 4.78 is 0. The molecule has 0 radical (unpaired) electrons. The number of rotatable bonds is 1. The van der Waals surface area contributed by atoms with Gasteiger partial charge in [-0.3, -0.25) is 4.79 Å². The number of hydrogen-bond donors (Lipinski definition) is 1. The van der Waals surface area contributed by atoms with Crippen molar-refractivity contribution in [3.05, 3.63) is 0 Å². The summed E-state index contributed by atoms with van der Waals surface area (Å²) in [5.41, 5.74) is -1.17. The lowest BCUT2D eigenvalue weighted by Crippen LogP contribution is -2.40. The molecule has 1 N–H and O–H groups in total. The minimum atomic E-state index is -0.782. The highest BCUT2D eigenvalue weighted by atomic mass is 16.4. The zero-order valence-electron chi connectivity index (χ0n) is 8.29. The summed E-state index contributed by atoms with van der Waals surface area (Å²) in [7, 11) is 0. The van der Waals surface area contributed by atoms with Crippen molar-refractivity contribution < 1.29 is 9.90 Å². The molecule has 1 saturated carbocycles. The molecule has 0 bridgehead atoms. The van der Waals surface area contributed by atoms with Gasteiger partial charge in [0.15, 0.2) is 0 Å². The summed E-state index contributed by atoms with van der Waals surface area (Å²) >= 11 is 0. The van der Waals surface area contributed by atoms with Gasteiger partial charge in [-0.25, -0.2) is 0 Å². The quantitative estimate of drug-likeness (QED) is 0.673. The second-order valence-electron chi connectivity index (χ2n) is 4.58. The van der Waals surface area contributed by atoms with Gasteiger partial charge < -0.3 is 5.11 Å². The highest BCUT2D eigenvalue weighted by Crippen LogP contribution is 2.55. The normalized spacial score (nSPS) is 36.9. The Bertz CT molecular complexity index is 277. The Labute approximate surface area is 78.4 Å². The van der Waals surface area contributed by atoms with Gasteiger partial charge in [0.05, 0.1) is 17.4 Å². The van der Waals surface area contributed by atoms with Crippen molar-refractivity contribution in [2.45, 2.75) is 33.6 Å². The molecule has 1 rings (SSSR count). The summed E-state index contributed by atoms with van der Waals surface area (Å²) in [5.74, 6) is -0.913. The van der Waals surface area contributed by atoms with E-state index in [0.29, 0.717) is 12.8 Å². The Hall–Kier alpha value is -1.04. The lowest BCUT2D eigenvalue weighted by molar-refractivity contribution is -0.153. The predicted molar refractivity (Wildman–Crippen MR) is 47.9 cm³/mol. The summed E-state index contributed by atoms with van der Waals surface area (Å²) in [6.45, 7) is 5.50. The van der Waals surface area contributed by atoms with Crippen LogP contribution in [-0.4, -0.2) is 11.1 Å². The number of aliphatic carboxylic acids is 1. The Kier molecular flexibility index (Phi) is 2.11. The van der Waals surface area contributed by atoms with E-state index in [-0.39, 0.29) is 5.92 Å². The third-order valence-electron chi connectivity index (χ3n) is 3.85. The molecule has 72 valence electrons. The highest BCUT2D eigenvalue weighted by Gasteiger charge is 2.56. The largest absolute Gasteiger partial charge is 0.481 e. The predicted octanol–water partition coefficient (Wildman–Crippen LogP) is 2.04. The molecule has 0 aromatic heterocycles. The van der Waals surface area contributed by atoms with Crippen molar-refractivity contribution in [3.63, 3.8) is 0 Å². The molecule has 0 amide bonds. The number of hydrogen-bond acceptors (Lipinski definition) is 2. The van der Waals surface area contributed by atoms with Gasteiger partial charge in [0.1, 0.15) is 0 Å². The third kappa shape index (κ3) is 1.13. The van der Waals surface area contributed by atoms with Crippen molar-refractivity contribution in [1.82, 2.24) is 0 Å². The minimum Gasteiger partial charge on any atom is -0.481 e. The van der Waals surface area contributed by atoms with Crippen LogP contribution in [0, 0.1) is 28.1 Å². The molecule has 1 fully saturated rings. The van der Waals surface area contributed by atoms with Crippen LogP contribution < -0.4 is 0 Å². The van der Waals surface area contributed by atoms with Crippen LogP contribution in [0.2, 0.25) is 0 Å². The molecule has 0 heterocycles. The molecule has 13 heavy (non-hydrogen) atoms. The Morgan fingerprint density at radius 2 is 2.08 bits per heavy atom. The second-order valence-corrected chi connectivity index (χ2v) is 4.58. The molecule has 0 saturated heterocycles. The zero-order valence-corrected chi connectivity index (χ0v) is 8.29. The molecule has 2 atom stereocenters. The van der Waals surface area contributed by atoms with Gasteiger partial charge in [-0.2, -0.15) is 5.26 Å². The van der Waals surface area contributed by atoms with E-state index in [1.807, 2.05) is 13.8 Å². The van der Waals surface area contributed by atoms with E-state index < -0.39 is 16.8 Å². The SMILES string of the molecule is CC1(C)[C@H](C#N)CC[C@]1(C)C(=O)O. The van der Waals surface area contributed by atoms with Crippen LogP contribution in [0.3, 0.4) is 0 Å². The molecule has 3 nitrogen and oxygen atoms in total. The van der Waals surface area contributed by atoms with Crippen LogP contribution in [0.5, 0.6) is 0 Å². The second kappa shape index (κ2) is 2.73. The molecule has 3 heteroatoms. The van der Waals surface area contributed by atoms with Crippen molar-refractivity contribution >= 4 is 5.97 Å². The molecule has 0 aromatic rings. The van der Waals surface area contributed by atoms with Gasteiger partial charge >= 0.3 is 5.97 Å². The lowest BCUT2D eigenvalue weighted by Gasteiger charge is -2.35. The van der Waals surface area contributed by atoms with Crippen LogP contribution in [0.4, 0.5) is 0 Å². The Morgan fingerprint density at radius 1 is 1.54 bits per heavy atom. The van der Waals surface area contributed by atoms with Crippen LogP contribution in [0.25, 0.3) is 0 Å². The molecule has 1 aliphatic carbocycles. The van der Waals surface area contributed by atoms with E-state index in [0.717, 1.165) is 0 Å². The average Bonchev–Trinajstić information content (AvgIpc) is 2.25. The first-order valence-electron chi connectivity index (χ1n) is 4.49. The molecule has 1 aliphatic rings. The summed E-state index contributed by atoms with van der Waals surface area (Å²) in [6.07, 6.45) is 1.31. The van der Waals surface area contributed by atoms with Gasteiger partial charge in [0, 0.05) is 0 Å². The number of carbonyl (C=O) groups is 1. The molecule has 0 spiro atoms. The standard InChI is InChI=1S/C10H15NO2/c1-9(2)7(6-11)4-5-10(9,3)8(12)13/h7H,4-5H2,1-3H3,(H,12,13)/t7-,10+/m0/s1. The first-order chi connectivity index (χ1) is 5.86. The number of nitriles is 1. The molecule has 0 aliphatic heterocycles. The molecular formula is C10H15NO2. The van der Waals surface area contributed by atoms with Crippen molar-refractivity contribution in [1.29, 1.82) is 5.26 Å². The van der Waals surface area contributed by atoms with Gasteiger partial charge in [-0.1, -0.05) is 13.8 Å². The fourth-order valence-corrected chi connectivity index (χ4v) is 2.11. The van der Waals surface area contributed by atoms with E-state index in [9.17, 15) is 4.79 Å². The Morgan fingerprint density at radius 3 is 2.31 bits per heavy atom. The lowest BCUT2D eigenvalue weighted by atomic mass is 9.66. The molecule has 0 aromatic carbocycles. The van der Waals surface area contributed by atoms with E-state index in [1.54, 1.807) is 6.92 Å². The van der Waals surface area contributed by atoms with Gasteiger partial charge in [-0.15, -0.1) is 0 Å². The fourth-order valence-electron chi connectivity index (χ4n) is 2.11. The number of carboxylic acid groups (broad SMARTS) is 1. The minimum absolute atomic E-state index is 0.131. The summed E-state index contributed by atoms with van der Waals surface area (Å²) in [5, 5.41) is 18.0. The first-order valence-corrected chi connectivity index (χ1v) is 4.49. The highest BCUT2D eigenvalue weighted by molar-refractivity contribution is 5.76. The summed E-state index contributed by atoms with van der Waals surface area (Å²) in [6, 6.07) is 2.20. The van der Waals surface area contributed by atoms with Gasteiger partial charge in [0.2, 0.25) is 0 Å². The van der Waals surface area contributed by atoms with Crippen LogP contribution in [0.1, 0.15) is 33.6 Å². The van der Waals surface area contributed by atoms with Crippen LogP contribution in [0.15, 0.2) is 0 Å². The van der Waals surface area contributed by atoms with Crippen molar-refractivity contribution in [2.75, 3.05) is 0 Å². The van der Waals surface area contributed by atoms with E-state index >= 15 is 0 Å². The topological polar surface area (TPSA) is 61.1 Å². The smallest absolute Gasteiger partial charge is 0.309 e. The van der Waals surface area contributed by atoms with Crippen LogP contribution >= 0.6 is 0 Å². The van der Waals surface area contributed by atoms with Crippen molar-refractivity contribution in [3.8, 4) is 6.07 Å². The van der Waals surface area contributed by atoms with E-state index in [1.165, 1.54) is 0 Å². The maximum absolute atomic E-state index is 11.1.